The number of sulfonamides is 1. The van der Waals surface area contributed by atoms with E-state index in [0.29, 0.717) is 49.8 Å². The van der Waals surface area contributed by atoms with Gasteiger partial charge in [0.1, 0.15) is 11.4 Å². The van der Waals surface area contributed by atoms with Gasteiger partial charge in [-0.15, -0.1) is 0 Å². The molecule has 0 saturated heterocycles. The van der Waals surface area contributed by atoms with E-state index in [2.05, 4.69) is 34.2 Å². The number of rotatable bonds is 13. The lowest BCUT2D eigenvalue weighted by molar-refractivity contribution is -0.160. The van der Waals surface area contributed by atoms with Gasteiger partial charge in [-0.1, -0.05) is 72.8 Å². The first kappa shape index (κ1) is 30.1. The van der Waals surface area contributed by atoms with Crippen molar-refractivity contribution in [1.29, 1.82) is 0 Å². The molecule has 0 atom stereocenters. The van der Waals surface area contributed by atoms with Crippen LogP contribution in [0.3, 0.4) is 0 Å². The Morgan fingerprint density at radius 3 is 2.09 bits per heavy atom. The molecule has 0 spiro atoms. The fourth-order valence-electron chi connectivity index (χ4n) is 5.55. The van der Waals surface area contributed by atoms with Gasteiger partial charge in [-0.25, -0.2) is 9.78 Å². The van der Waals surface area contributed by atoms with Crippen LogP contribution in [0.1, 0.15) is 48.8 Å². The monoisotopic (exact) mass is 599 g/mol. The first-order valence-electron chi connectivity index (χ1n) is 14.6. The minimum atomic E-state index is -3.81. The Morgan fingerprint density at radius 2 is 1.51 bits per heavy atom. The Bertz CT molecular complexity index is 1610. The van der Waals surface area contributed by atoms with Crippen molar-refractivity contribution in [2.24, 2.45) is 0 Å². The number of benzene rings is 3. The van der Waals surface area contributed by atoms with Crippen LogP contribution < -0.4 is 4.31 Å². The molecule has 3 aromatic carbocycles. The fourth-order valence-corrected chi connectivity index (χ4v) is 6.61. The fraction of sp³-hybridized carbons (Fsp3) is 0.294. The number of nitrogens with one attached hydrogen (secondary N) is 1. The number of aliphatic hydroxyl groups is 1. The van der Waals surface area contributed by atoms with E-state index in [-0.39, 0.29) is 10.9 Å². The number of carbonyl (C=O) groups excluding carboxylic acids is 1. The predicted molar refractivity (Wildman–Crippen MR) is 166 cm³/mol. The van der Waals surface area contributed by atoms with Crippen LogP contribution in [0.2, 0.25) is 0 Å². The summed E-state index contributed by atoms with van der Waals surface area (Å²) in [6.07, 6.45) is 7.43. The van der Waals surface area contributed by atoms with Gasteiger partial charge in [0.15, 0.2) is 0 Å². The highest BCUT2D eigenvalue weighted by Gasteiger charge is 2.41. The molecule has 0 radical (unpaired) electrons. The number of H-pyrrole nitrogens is 1. The number of hydrogen-bond donors (Lipinski definition) is 2. The van der Waals surface area contributed by atoms with Crippen molar-refractivity contribution in [3.63, 3.8) is 0 Å². The largest absolute Gasteiger partial charge is 0.512 e. The SMILES string of the molecule is CN(c1cccc(CCCC2=C(O)CC(CCc3ccccc3)(CCc3ccccc3)OC2=O)c1)S(=O)(=O)c1ncc[nH]1. The van der Waals surface area contributed by atoms with Crippen LogP contribution in [0.25, 0.3) is 0 Å². The highest BCUT2D eigenvalue weighted by atomic mass is 32.2. The Hall–Kier alpha value is -4.37. The molecule has 0 fully saturated rings. The van der Waals surface area contributed by atoms with Gasteiger partial charge in [0.2, 0.25) is 5.16 Å². The number of anilines is 1. The van der Waals surface area contributed by atoms with E-state index in [4.69, 9.17) is 4.74 Å². The summed E-state index contributed by atoms with van der Waals surface area (Å²) in [5, 5.41) is 11.0. The molecule has 5 rings (SSSR count). The number of aromatic nitrogens is 2. The maximum atomic E-state index is 13.3. The maximum Gasteiger partial charge on any atom is 0.337 e. The van der Waals surface area contributed by atoms with Crippen molar-refractivity contribution in [3.8, 4) is 0 Å². The number of nitrogens with zero attached hydrogens (tertiary/aromatic N) is 2. The van der Waals surface area contributed by atoms with Crippen molar-refractivity contribution in [3.05, 3.63) is 125 Å². The number of aromatic amines is 1. The van der Waals surface area contributed by atoms with E-state index in [1.165, 1.54) is 23.7 Å². The molecule has 1 aromatic heterocycles. The molecule has 1 aliphatic heterocycles. The summed E-state index contributed by atoms with van der Waals surface area (Å²) < 4.78 is 33.1. The van der Waals surface area contributed by atoms with E-state index in [0.717, 1.165) is 29.5 Å². The van der Waals surface area contributed by atoms with E-state index in [9.17, 15) is 18.3 Å². The Balaban J connectivity index is 1.25. The molecule has 0 saturated carbocycles. The molecule has 0 amide bonds. The predicted octanol–water partition coefficient (Wildman–Crippen LogP) is 6.32. The third-order valence-electron chi connectivity index (χ3n) is 8.06. The van der Waals surface area contributed by atoms with Gasteiger partial charge < -0.3 is 14.8 Å². The smallest absolute Gasteiger partial charge is 0.337 e. The average molecular weight is 600 g/mol. The maximum absolute atomic E-state index is 13.3. The first-order valence-corrected chi connectivity index (χ1v) is 16.0. The molecule has 1 aliphatic rings. The molecule has 0 bridgehead atoms. The summed E-state index contributed by atoms with van der Waals surface area (Å²) in [7, 11) is -2.32. The summed E-state index contributed by atoms with van der Waals surface area (Å²) in [5.41, 5.74) is 3.30. The highest BCUT2D eigenvalue weighted by Crippen LogP contribution is 2.38. The number of hydrogen-bond acceptors (Lipinski definition) is 6. The number of imidazole rings is 1. The zero-order chi connectivity index (χ0) is 30.3. The van der Waals surface area contributed by atoms with E-state index < -0.39 is 21.6 Å². The summed E-state index contributed by atoms with van der Waals surface area (Å²) >= 11 is 0. The summed E-state index contributed by atoms with van der Waals surface area (Å²) in [4.78, 5) is 19.9. The minimum absolute atomic E-state index is 0.107. The molecule has 43 heavy (non-hydrogen) atoms. The molecule has 9 heteroatoms. The molecule has 224 valence electrons. The topological polar surface area (TPSA) is 113 Å². The summed E-state index contributed by atoms with van der Waals surface area (Å²) in [6.45, 7) is 0. The third-order valence-corrected chi connectivity index (χ3v) is 9.71. The van der Waals surface area contributed by atoms with Crippen molar-refractivity contribution in [2.75, 3.05) is 11.4 Å². The quantitative estimate of drug-likeness (QED) is 0.174. The van der Waals surface area contributed by atoms with Crippen molar-refractivity contribution < 1.29 is 23.1 Å². The molecule has 2 heterocycles. The number of esters is 1. The summed E-state index contributed by atoms with van der Waals surface area (Å²) in [5.74, 6) is -0.349. The number of aryl methyl sites for hydroxylation is 3. The number of carbonyl (C=O) groups is 1. The van der Waals surface area contributed by atoms with Crippen LogP contribution in [0, 0.1) is 0 Å². The molecule has 0 unspecified atom stereocenters. The van der Waals surface area contributed by atoms with E-state index in [1.807, 2.05) is 48.5 Å². The number of ether oxygens (including phenoxy) is 1. The lowest BCUT2D eigenvalue weighted by Gasteiger charge is -2.37. The van der Waals surface area contributed by atoms with Crippen LogP contribution in [0.15, 0.2) is 114 Å². The molecule has 4 aromatic rings. The second-order valence-electron chi connectivity index (χ2n) is 11.0. The molecule has 8 nitrogen and oxygen atoms in total. The minimum Gasteiger partial charge on any atom is -0.512 e. The van der Waals surface area contributed by atoms with Crippen molar-refractivity contribution in [2.45, 2.75) is 62.1 Å². The van der Waals surface area contributed by atoms with Gasteiger partial charge in [-0.3, -0.25) is 4.31 Å². The zero-order valence-corrected chi connectivity index (χ0v) is 25.1. The molecular weight excluding hydrogens is 562 g/mol. The van der Waals surface area contributed by atoms with Crippen molar-refractivity contribution in [1.82, 2.24) is 9.97 Å². The van der Waals surface area contributed by atoms with E-state index in [1.54, 1.807) is 12.1 Å². The van der Waals surface area contributed by atoms with Crippen molar-refractivity contribution >= 4 is 21.7 Å². The highest BCUT2D eigenvalue weighted by molar-refractivity contribution is 7.92. The standard InChI is InChI=1S/C34H37N3O5S/c1-37(43(40,41)33-35-22-23-36-33)29-16-8-14-28(24-29)15-9-17-30-31(38)25-34(42-32(30)39,20-18-26-10-4-2-5-11-26)21-19-27-12-6-3-7-13-27/h2-8,10-14,16,22-24,38H,9,15,17-21,25H2,1H3,(H,35,36). The van der Waals surface area contributed by atoms with Crippen LogP contribution in [0.5, 0.6) is 0 Å². The van der Waals surface area contributed by atoms with Crippen LogP contribution in [0.4, 0.5) is 5.69 Å². The number of cyclic esters (lactones) is 1. The average Bonchev–Trinajstić information content (AvgIpc) is 3.58. The Kier molecular flexibility index (Phi) is 9.31. The van der Waals surface area contributed by atoms with Gasteiger partial charge in [0, 0.05) is 25.9 Å². The van der Waals surface area contributed by atoms with E-state index >= 15 is 0 Å². The van der Waals surface area contributed by atoms with Crippen LogP contribution >= 0.6 is 0 Å². The molecular formula is C34H37N3O5S. The zero-order valence-electron chi connectivity index (χ0n) is 24.3. The third kappa shape index (κ3) is 7.35. The van der Waals surface area contributed by atoms with Gasteiger partial charge in [-0.2, -0.15) is 8.42 Å². The first-order chi connectivity index (χ1) is 20.8. The Labute approximate surface area is 253 Å². The number of aliphatic hydroxyl groups excluding tert-OH is 1. The lowest BCUT2D eigenvalue weighted by atomic mass is 9.82. The summed E-state index contributed by atoms with van der Waals surface area (Å²) in [6, 6.07) is 27.5. The van der Waals surface area contributed by atoms with Gasteiger partial charge in [-0.05, 0) is 73.8 Å². The second-order valence-corrected chi connectivity index (χ2v) is 12.9. The van der Waals surface area contributed by atoms with Gasteiger partial charge >= 0.3 is 5.97 Å². The normalized spacial score (nSPS) is 14.9. The molecule has 0 aliphatic carbocycles. The van der Waals surface area contributed by atoms with Crippen LogP contribution in [-0.2, 0) is 38.8 Å². The van der Waals surface area contributed by atoms with Crippen LogP contribution in [-0.4, -0.2) is 42.1 Å². The molecule has 2 N–H and O–H groups in total. The van der Waals surface area contributed by atoms with Gasteiger partial charge in [0.25, 0.3) is 10.0 Å². The Morgan fingerprint density at radius 1 is 0.884 bits per heavy atom. The second kappa shape index (κ2) is 13.3. The lowest BCUT2D eigenvalue weighted by Crippen LogP contribution is -2.41. The van der Waals surface area contributed by atoms with Gasteiger partial charge in [0.05, 0.1) is 11.3 Å².